The Kier molecular flexibility index (Phi) is 5.57. The van der Waals surface area contributed by atoms with Crippen LogP contribution >= 0.6 is 46.5 Å². The van der Waals surface area contributed by atoms with E-state index in [1.165, 1.54) is 29.6 Å². The smallest absolute Gasteiger partial charge is 0.384 e. The van der Waals surface area contributed by atoms with Crippen LogP contribution in [0.4, 0.5) is 19.0 Å². The Morgan fingerprint density at radius 3 is 2.62 bits per heavy atom. The zero-order chi connectivity index (χ0) is 19.1. The van der Waals surface area contributed by atoms with Crippen LogP contribution in [0, 0.1) is 0 Å². The summed E-state index contributed by atoms with van der Waals surface area (Å²) in [5.41, 5.74) is 5.48. The molecule has 3 heterocycles. The molecule has 0 aliphatic carbocycles. The Morgan fingerprint density at radius 1 is 1.23 bits per heavy atom. The predicted molar refractivity (Wildman–Crippen MR) is 102 cm³/mol. The van der Waals surface area contributed by atoms with Crippen molar-refractivity contribution < 1.29 is 13.2 Å². The number of nitrogens with zero attached hydrogens (tertiary/aromatic N) is 3. The molecule has 26 heavy (non-hydrogen) atoms. The molecule has 0 fully saturated rings. The maximum atomic E-state index is 13.2. The van der Waals surface area contributed by atoms with Crippen LogP contribution in [-0.4, -0.2) is 21.2 Å². The number of nitrogens with two attached hydrogens (primary N) is 1. The first-order chi connectivity index (χ1) is 12.2. The first kappa shape index (κ1) is 19.5. The normalized spacial score (nSPS) is 13.3. The average Bonchev–Trinajstić information content (AvgIpc) is 2.98. The van der Waals surface area contributed by atoms with Crippen LogP contribution in [0.2, 0.25) is 5.15 Å². The monoisotopic (exact) mass is 436 g/mol. The maximum Gasteiger partial charge on any atom is 0.417 e. The largest absolute Gasteiger partial charge is 0.417 e. The minimum absolute atomic E-state index is 0.0586. The summed E-state index contributed by atoms with van der Waals surface area (Å²) in [4.78, 5) is 12.8. The minimum atomic E-state index is -4.44. The lowest BCUT2D eigenvalue weighted by Crippen LogP contribution is -2.04. The van der Waals surface area contributed by atoms with Crippen molar-refractivity contribution in [3.8, 4) is 0 Å². The molecule has 0 aliphatic heterocycles. The highest BCUT2D eigenvalue weighted by molar-refractivity contribution is 7.99. The Balaban J connectivity index is 1.98. The lowest BCUT2D eigenvalue weighted by Gasteiger charge is -2.12. The molecule has 0 saturated carbocycles. The van der Waals surface area contributed by atoms with Gasteiger partial charge < -0.3 is 5.73 Å². The van der Waals surface area contributed by atoms with Gasteiger partial charge in [-0.2, -0.15) is 13.2 Å². The summed E-state index contributed by atoms with van der Waals surface area (Å²) < 4.78 is 39.9. The standard InChI is InChI=1S/C15H12ClF3N4S3/c1-6(26-14-22-10(20)4-11(23-14)24-2)9-3-7-8(15(17,18)19)5-25-12(7)13(16)21-9/h3-6H,1-2H3,(H2,20,22,23). The SMILES string of the molecule is CSc1cc(N)nc(SC(C)c2cc3c(C(F)(F)F)csc3c(Cl)n2)n1. The van der Waals surface area contributed by atoms with Gasteiger partial charge >= 0.3 is 6.18 Å². The molecule has 3 aromatic heterocycles. The van der Waals surface area contributed by atoms with Crippen LogP contribution in [0.1, 0.15) is 23.4 Å². The molecule has 2 N–H and O–H groups in total. The number of hydrogen-bond acceptors (Lipinski definition) is 7. The van der Waals surface area contributed by atoms with E-state index in [1.54, 1.807) is 13.0 Å². The second-order valence-electron chi connectivity index (χ2n) is 5.24. The van der Waals surface area contributed by atoms with Gasteiger partial charge in [-0.3, -0.25) is 0 Å². The summed E-state index contributed by atoms with van der Waals surface area (Å²) in [5.74, 6) is 0.331. The molecule has 1 unspecified atom stereocenters. The lowest BCUT2D eigenvalue weighted by molar-refractivity contribution is -0.136. The van der Waals surface area contributed by atoms with Crippen molar-refractivity contribution in [1.29, 1.82) is 0 Å². The quantitative estimate of drug-likeness (QED) is 0.237. The molecule has 0 saturated heterocycles. The van der Waals surface area contributed by atoms with E-state index in [4.69, 9.17) is 17.3 Å². The van der Waals surface area contributed by atoms with E-state index >= 15 is 0 Å². The van der Waals surface area contributed by atoms with Crippen molar-refractivity contribution in [3.63, 3.8) is 0 Å². The molecule has 0 bridgehead atoms. The van der Waals surface area contributed by atoms with Gasteiger partial charge in [0.05, 0.1) is 21.2 Å². The fourth-order valence-electron chi connectivity index (χ4n) is 2.24. The molecule has 0 amide bonds. The highest BCUT2D eigenvalue weighted by atomic mass is 35.5. The minimum Gasteiger partial charge on any atom is -0.384 e. The molecule has 11 heteroatoms. The van der Waals surface area contributed by atoms with Crippen LogP contribution < -0.4 is 5.73 Å². The van der Waals surface area contributed by atoms with Gasteiger partial charge in [0.15, 0.2) is 5.16 Å². The Hall–Kier alpha value is -1.23. The third-order valence-electron chi connectivity index (χ3n) is 3.45. The summed E-state index contributed by atoms with van der Waals surface area (Å²) >= 11 is 9.73. The van der Waals surface area contributed by atoms with Gasteiger partial charge in [0, 0.05) is 16.8 Å². The third kappa shape index (κ3) is 4.03. The highest BCUT2D eigenvalue weighted by Gasteiger charge is 2.34. The topological polar surface area (TPSA) is 64.7 Å². The van der Waals surface area contributed by atoms with Gasteiger partial charge in [0.25, 0.3) is 0 Å². The molecular formula is C15H12ClF3N4S3. The van der Waals surface area contributed by atoms with Gasteiger partial charge in [0.2, 0.25) is 0 Å². The first-order valence-electron chi connectivity index (χ1n) is 7.19. The van der Waals surface area contributed by atoms with Crippen LogP contribution in [0.3, 0.4) is 0 Å². The third-order valence-corrected chi connectivity index (χ3v) is 6.46. The van der Waals surface area contributed by atoms with E-state index in [9.17, 15) is 13.2 Å². The van der Waals surface area contributed by atoms with E-state index in [0.717, 1.165) is 16.7 Å². The summed E-state index contributed by atoms with van der Waals surface area (Å²) in [6.07, 6.45) is -2.58. The van der Waals surface area contributed by atoms with Crippen LogP contribution in [0.15, 0.2) is 27.7 Å². The van der Waals surface area contributed by atoms with E-state index in [-0.39, 0.29) is 15.8 Å². The van der Waals surface area contributed by atoms with Crippen LogP contribution in [-0.2, 0) is 6.18 Å². The van der Waals surface area contributed by atoms with E-state index in [2.05, 4.69) is 15.0 Å². The van der Waals surface area contributed by atoms with E-state index in [1.807, 2.05) is 6.26 Å². The number of pyridine rings is 1. The molecular weight excluding hydrogens is 425 g/mol. The van der Waals surface area contributed by atoms with Crippen LogP contribution in [0.25, 0.3) is 10.1 Å². The van der Waals surface area contributed by atoms with Gasteiger partial charge in [0.1, 0.15) is 16.0 Å². The fraction of sp³-hybridized carbons (Fsp3) is 0.267. The number of nitrogen functional groups attached to an aromatic ring is 1. The van der Waals surface area contributed by atoms with Crippen molar-refractivity contribution in [2.24, 2.45) is 0 Å². The number of fused-ring (bicyclic) bond motifs is 1. The lowest BCUT2D eigenvalue weighted by atomic mass is 10.1. The number of rotatable bonds is 4. The second kappa shape index (κ2) is 7.41. The van der Waals surface area contributed by atoms with Gasteiger partial charge in [-0.1, -0.05) is 23.4 Å². The summed E-state index contributed by atoms with van der Waals surface area (Å²) in [7, 11) is 0. The van der Waals surface area contributed by atoms with Gasteiger partial charge in [-0.05, 0) is 19.2 Å². The molecule has 3 rings (SSSR count). The average molecular weight is 437 g/mol. The van der Waals surface area contributed by atoms with Crippen molar-refractivity contribution in [3.05, 3.63) is 33.9 Å². The van der Waals surface area contributed by atoms with E-state index < -0.39 is 11.7 Å². The molecule has 0 aromatic carbocycles. The number of thiophene rings is 1. The summed E-state index contributed by atoms with van der Waals surface area (Å²) in [5, 5.41) is 2.01. The zero-order valence-electron chi connectivity index (χ0n) is 13.5. The summed E-state index contributed by atoms with van der Waals surface area (Å²) in [6.45, 7) is 1.81. The van der Waals surface area contributed by atoms with E-state index in [0.29, 0.717) is 26.4 Å². The molecule has 0 radical (unpaired) electrons. The maximum absolute atomic E-state index is 13.2. The molecule has 0 aliphatic rings. The second-order valence-corrected chi connectivity index (χ2v) is 8.61. The molecule has 4 nitrogen and oxygen atoms in total. The molecule has 0 spiro atoms. The molecule has 1 atom stereocenters. The van der Waals surface area contributed by atoms with Crippen molar-refractivity contribution in [2.45, 2.75) is 28.5 Å². The van der Waals surface area contributed by atoms with Crippen molar-refractivity contribution in [2.75, 3.05) is 12.0 Å². The highest BCUT2D eigenvalue weighted by Crippen LogP contribution is 2.43. The van der Waals surface area contributed by atoms with Crippen molar-refractivity contribution >= 4 is 62.4 Å². The Labute approximate surface area is 164 Å². The van der Waals surface area contributed by atoms with Gasteiger partial charge in [-0.15, -0.1) is 23.1 Å². The first-order valence-corrected chi connectivity index (χ1v) is 10.5. The number of anilines is 1. The predicted octanol–water partition coefficient (Wildman–Crippen LogP) is 5.92. The fourth-order valence-corrected chi connectivity index (χ4v) is 4.85. The number of alkyl halides is 3. The Bertz CT molecular complexity index is 961. The van der Waals surface area contributed by atoms with Crippen molar-refractivity contribution in [1.82, 2.24) is 15.0 Å². The van der Waals surface area contributed by atoms with Crippen LogP contribution in [0.5, 0.6) is 0 Å². The number of thioether (sulfide) groups is 2. The summed E-state index contributed by atoms with van der Waals surface area (Å²) in [6, 6.07) is 3.08. The molecule has 3 aromatic rings. The zero-order valence-corrected chi connectivity index (χ0v) is 16.7. The molecule has 138 valence electrons. The Morgan fingerprint density at radius 2 is 1.96 bits per heavy atom. The number of hydrogen-bond donors (Lipinski definition) is 1. The number of aromatic nitrogens is 3. The number of halogens is 4. The van der Waals surface area contributed by atoms with Gasteiger partial charge in [-0.25, -0.2) is 15.0 Å².